The van der Waals surface area contributed by atoms with Crippen LogP contribution < -0.4 is 0 Å². The van der Waals surface area contributed by atoms with E-state index in [1.165, 1.54) is 7.11 Å². The van der Waals surface area contributed by atoms with E-state index in [0.717, 1.165) is 22.2 Å². The first-order valence-corrected chi connectivity index (χ1v) is 7.99. The number of amides is 1. The monoisotopic (exact) mass is 330 g/mol. The number of ether oxygens (including phenoxy) is 2. The van der Waals surface area contributed by atoms with Gasteiger partial charge >= 0.3 is 12.2 Å². The molecule has 0 radical (unpaired) electrons. The van der Waals surface area contributed by atoms with Gasteiger partial charge in [0.1, 0.15) is 5.60 Å². The zero-order valence-electron chi connectivity index (χ0n) is 14.5. The summed E-state index contributed by atoms with van der Waals surface area (Å²) < 4.78 is 11.9. The lowest BCUT2D eigenvalue weighted by Crippen LogP contribution is -2.40. The Hall–Kier alpha value is -2.50. The molecule has 1 aliphatic rings. The lowest BCUT2D eigenvalue weighted by molar-refractivity contribution is 0.0219. The molecule has 1 amide bonds. The highest BCUT2D eigenvalue weighted by atomic mass is 16.6. The van der Waals surface area contributed by atoms with Gasteiger partial charge in [0.15, 0.2) is 0 Å². The maximum absolute atomic E-state index is 12.4. The number of carbonyl (C=O) groups is 2. The van der Waals surface area contributed by atoms with Gasteiger partial charge in [0.05, 0.1) is 24.9 Å². The van der Waals surface area contributed by atoms with E-state index in [1.54, 1.807) is 9.47 Å². The van der Waals surface area contributed by atoms with Gasteiger partial charge < -0.3 is 14.4 Å². The summed E-state index contributed by atoms with van der Waals surface area (Å²) in [6.45, 7) is 6.41. The molecule has 0 saturated carbocycles. The van der Waals surface area contributed by atoms with Gasteiger partial charge in [0.25, 0.3) is 0 Å². The van der Waals surface area contributed by atoms with E-state index in [4.69, 9.17) is 9.47 Å². The van der Waals surface area contributed by atoms with Crippen molar-refractivity contribution in [2.24, 2.45) is 0 Å². The number of carbonyl (C=O) groups excluding carboxylic acids is 2. The van der Waals surface area contributed by atoms with Gasteiger partial charge in [-0.1, -0.05) is 18.2 Å². The summed E-state index contributed by atoms with van der Waals surface area (Å²) in [5, 5.41) is 1.03. The minimum Gasteiger partial charge on any atom is -0.452 e. The standard InChI is InChI=1S/C18H22N2O4/c1-18(2,3)24-16(21)19-10-9-13-12-7-5-6-8-14(12)20(15(13)11-19)17(22)23-4/h5-8H,9-11H2,1-4H3. The van der Waals surface area contributed by atoms with Gasteiger partial charge in [0, 0.05) is 11.9 Å². The lowest BCUT2D eigenvalue weighted by atomic mass is 10.0. The summed E-state index contributed by atoms with van der Waals surface area (Å²) in [6.07, 6.45) is -0.132. The summed E-state index contributed by atoms with van der Waals surface area (Å²) >= 11 is 0. The molecule has 2 aromatic rings. The van der Waals surface area contributed by atoms with Crippen LogP contribution in [0.3, 0.4) is 0 Å². The van der Waals surface area contributed by atoms with E-state index >= 15 is 0 Å². The van der Waals surface area contributed by atoms with Crippen molar-refractivity contribution in [3.63, 3.8) is 0 Å². The zero-order valence-corrected chi connectivity index (χ0v) is 14.5. The van der Waals surface area contributed by atoms with Crippen molar-refractivity contribution in [1.29, 1.82) is 0 Å². The summed E-state index contributed by atoms with van der Waals surface area (Å²) in [5.74, 6) is 0. The van der Waals surface area contributed by atoms with E-state index in [-0.39, 0.29) is 6.09 Å². The van der Waals surface area contributed by atoms with Crippen LogP contribution in [0.2, 0.25) is 0 Å². The average molecular weight is 330 g/mol. The number of methoxy groups -OCH3 is 1. The third-order valence-corrected chi connectivity index (χ3v) is 4.07. The number of nitrogens with zero attached hydrogens (tertiary/aromatic N) is 2. The molecule has 0 aliphatic carbocycles. The van der Waals surface area contributed by atoms with Gasteiger partial charge in [-0.15, -0.1) is 0 Å². The Bertz CT molecular complexity index is 801. The first kappa shape index (κ1) is 16.4. The van der Waals surface area contributed by atoms with Crippen LogP contribution in [0.25, 0.3) is 10.9 Å². The summed E-state index contributed by atoms with van der Waals surface area (Å²) in [4.78, 5) is 26.3. The molecule has 2 heterocycles. The van der Waals surface area contributed by atoms with Crippen molar-refractivity contribution in [2.45, 2.75) is 39.3 Å². The number of hydrogen-bond donors (Lipinski definition) is 0. The van der Waals surface area contributed by atoms with E-state index < -0.39 is 11.7 Å². The molecule has 0 atom stereocenters. The Labute approximate surface area is 140 Å². The minimum atomic E-state index is -0.549. The molecule has 1 aromatic heterocycles. The third-order valence-electron chi connectivity index (χ3n) is 4.07. The predicted octanol–water partition coefficient (Wildman–Crippen LogP) is 3.55. The van der Waals surface area contributed by atoms with E-state index in [0.29, 0.717) is 19.5 Å². The van der Waals surface area contributed by atoms with Crippen molar-refractivity contribution >= 4 is 23.1 Å². The van der Waals surface area contributed by atoms with Gasteiger partial charge in [-0.25, -0.2) is 14.2 Å². The Morgan fingerprint density at radius 3 is 2.50 bits per heavy atom. The number of fused-ring (bicyclic) bond motifs is 3. The van der Waals surface area contributed by atoms with Gasteiger partial charge in [-0.3, -0.25) is 0 Å². The molecule has 1 aromatic carbocycles. The Morgan fingerprint density at radius 1 is 1.12 bits per heavy atom. The Morgan fingerprint density at radius 2 is 1.83 bits per heavy atom. The summed E-state index contributed by atoms with van der Waals surface area (Å²) in [5.41, 5.74) is 2.14. The molecule has 6 heteroatoms. The molecule has 6 nitrogen and oxygen atoms in total. The fourth-order valence-electron chi connectivity index (χ4n) is 3.09. The van der Waals surface area contributed by atoms with Gasteiger partial charge in [0.2, 0.25) is 0 Å². The van der Waals surface area contributed by atoms with Crippen LogP contribution in [0.1, 0.15) is 32.0 Å². The quantitative estimate of drug-likeness (QED) is 0.741. The summed E-state index contributed by atoms with van der Waals surface area (Å²) in [6, 6.07) is 7.72. The first-order chi connectivity index (χ1) is 11.3. The van der Waals surface area contributed by atoms with Crippen molar-refractivity contribution in [3.05, 3.63) is 35.5 Å². The topological polar surface area (TPSA) is 60.8 Å². The third kappa shape index (κ3) is 2.84. The molecule has 0 spiro atoms. The largest absolute Gasteiger partial charge is 0.452 e. The smallest absolute Gasteiger partial charge is 0.418 e. The molecule has 0 N–H and O–H groups in total. The Kier molecular flexibility index (Phi) is 3.99. The molecule has 0 fully saturated rings. The predicted molar refractivity (Wildman–Crippen MR) is 90.1 cm³/mol. The van der Waals surface area contributed by atoms with Gasteiger partial charge in [-0.2, -0.15) is 0 Å². The molecule has 0 unspecified atom stereocenters. The van der Waals surface area contributed by atoms with Gasteiger partial charge in [-0.05, 0) is 38.8 Å². The highest BCUT2D eigenvalue weighted by Gasteiger charge is 2.31. The molecule has 128 valence electrons. The second-order valence-corrected chi connectivity index (χ2v) is 6.90. The second-order valence-electron chi connectivity index (χ2n) is 6.90. The highest BCUT2D eigenvalue weighted by Crippen LogP contribution is 2.31. The van der Waals surface area contributed by atoms with Crippen molar-refractivity contribution in [2.75, 3.05) is 13.7 Å². The molecule has 1 aliphatic heterocycles. The van der Waals surface area contributed by atoms with E-state index in [1.807, 2.05) is 45.0 Å². The SMILES string of the molecule is COC(=O)n1c2c(c3ccccc31)CCN(C(=O)OC(C)(C)C)C2. The fourth-order valence-corrected chi connectivity index (χ4v) is 3.09. The molecule has 0 saturated heterocycles. The van der Waals surface area contributed by atoms with E-state index in [9.17, 15) is 9.59 Å². The second kappa shape index (κ2) is 5.85. The van der Waals surface area contributed by atoms with Crippen LogP contribution in [0.4, 0.5) is 9.59 Å². The van der Waals surface area contributed by atoms with Crippen molar-refractivity contribution in [1.82, 2.24) is 9.47 Å². The highest BCUT2D eigenvalue weighted by molar-refractivity contribution is 5.94. The lowest BCUT2D eigenvalue weighted by Gasteiger charge is -2.30. The first-order valence-electron chi connectivity index (χ1n) is 7.99. The average Bonchev–Trinajstić information content (AvgIpc) is 2.86. The summed E-state index contributed by atoms with van der Waals surface area (Å²) in [7, 11) is 1.36. The maximum atomic E-state index is 12.4. The van der Waals surface area contributed by atoms with Crippen molar-refractivity contribution in [3.8, 4) is 0 Å². The Balaban J connectivity index is 2.01. The number of rotatable bonds is 0. The molecular weight excluding hydrogens is 308 g/mol. The fraction of sp³-hybridized carbons (Fsp3) is 0.444. The van der Waals surface area contributed by atoms with Crippen LogP contribution in [0, 0.1) is 0 Å². The molecule has 24 heavy (non-hydrogen) atoms. The molecular formula is C18H22N2O4. The van der Waals surface area contributed by atoms with Crippen LogP contribution in [-0.4, -0.2) is 40.9 Å². The maximum Gasteiger partial charge on any atom is 0.418 e. The van der Waals surface area contributed by atoms with E-state index in [2.05, 4.69) is 0 Å². The molecule has 0 bridgehead atoms. The normalized spacial score (nSPS) is 14.4. The zero-order chi connectivity index (χ0) is 17.5. The number of benzene rings is 1. The van der Waals surface area contributed by atoms with Crippen LogP contribution in [0.15, 0.2) is 24.3 Å². The van der Waals surface area contributed by atoms with Crippen LogP contribution >= 0.6 is 0 Å². The minimum absolute atomic E-state index is 0.327. The van der Waals surface area contributed by atoms with Crippen LogP contribution in [0.5, 0.6) is 0 Å². The van der Waals surface area contributed by atoms with Crippen LogP contribution in [-0.2, 0) is 22.4 Å². The number of hydrogen-bond acceptors (Lipinski definition) is 4. The molecule has 3 rings (SSSR count). The number of para-hydroxylation sites is 1. The number of aromatic nitrogens is 1. The van der Waals surface area contributed by atoms with Crippen molar-refractivity contribution < 1.29 is 19.1 Å².